The Morgan fingerprint density at radius 2 is 1.90 bits per heavy atom. The van der Waals surface area contributed by atoms with Gasteiger partial charge in [0.05, 0.1) is 28.1 Å². The number of hydrogen-bond donors (Lipinski definition) is 2. The van der Waals surface area contributed by atoms with Crippen LogP contribution in [-0.2, 0) is 25.5 Å². The fourth-order valence-electron chi connectivity index (χ4n) is 2.50. The average Bonchev–Trinajstić information content (AvgIpc) is 2.98. The summed E-state index contributed by atoms with van der Waals surface area (Å²) in [5.74, 6) is -0.660. The van der Waals surface area contributed by atoms with Gasteiger partial charge in [-0.3, -0.25) is 5.32 Å². The Bertz CT molecular complexity index is 1080. The van der Waals surface area contributed by atoms with Crippen molar-refractivity contribution in [2.75, 3.05) is 18.7 Å². The highest BCUT2D eigenvalue weighted by atomic mass is 32.2. The van der Waals surface area contributed by atoms with Gasteiger partial charge in [-0.25, -0.2) is 23.0 Å². The minimum atomic E-state index is -4.88. The lowest BCUT2D eigenvalue weighted by molar-refractivity contribution is -0.142. The van der Waals surface area contributed by atoms with E-state index >= 15 is 0 Å². The van der Waals surface area contributed by atoms with Crippen molar-refractivity contribution in [3.05, 3.63) is 29.5 Å². The molecule has 164 valence electrons. The summed E-state index contributed by atoms with van der Waals surface area (Å²) >= 11 is 0.899. The number of aromatic nitrogens is 1. The first-order chi connectivity index (χ1) is 13.7. The molecule has 8 nitrogen and oxygen atoms in total. The fourth-order valence-corrected chi connectivity index (χ4v) is 4.35. The molecule has 30 heavy (non-hydrogen) atoms. The fraction of sp³-hybridized carbons (Fsp3) is 0.353. The number of carbonyl (C=O) groups is 2. The van der Waals surface area contributed by atoms with Crippen LogP contribution in [0.15, 0.2) is 23.1 Å². The quantitative estimate of drug-likeness (QED) is 0.656. The van der Waals surface area contributed by atoms with E-state index in [1.54, 1.807) is 0 Å². The van der Waals surface area contributed by atoms with E-state index in [0.29, 0.717) is 16.8 Å². The molecule has 0 spiro atoms. The van der Waals surface area contributed by atoms with E-state index in [9.17, 15) is 31.2 Å². The molecule has 13 heteroatoms. The number of halogens is 3. The highest BCUT2D eigenvalue weighted by Gasteiger charge is 2.36. The van der Waals surface area contributed by atoms with E-state index in [1.807, 2.05) is 0 Å². The predicted octanol–water partition coefficient (Wildman–Crippen LogP) is 3.22. The lowest BCUT2D eigenvalue weighted by Gasteiger charge is -2.13. The number of ether oxygens (including phenoxy) is 1. The lowest BCUT2D eigenvalue weighted by Crippen LogP contribution is -2.41. The Kier molecular flexibility index (Phi) is 6.76. The normalized spacial score (nSPS) is 12.9. The summed E-state index contributed by atoms with van der Waals surface area (Å²) in [4.78, 5) is 26.9. The Labute approximate surface area is 174 Å². The van der Waals surface area contributed by atoms with E-state index in [0.717, 1.165) is 23.5 Å². The highest BCUT2D eigenvalue weighted by molar-refractivity contribution is 7.90. The Balaban J connectivity index is 2.35. The number of sulfone groups is 1. The third-order valence-corrected chi connectivity index (χ3v) is 6.14. The van der Waals surface area contributed by atoms with Crippen molar-refractivity contribution in [2.45, 2.75) is 31.0 Å². The lowest BCUT2D eigenvalue weighted by atomic mass is 10.1. The zero-order valence-electron chi connectivity index (χ0n) is 16.2. The van der Waals surface area contributed by atoms with Crippen LogP contribution in [0.2, 0.25) is 0 Å². The van der Waals surface area contributed by atoms with Gasteiger partial charge in [0.2, 0.25) is 0 Å². The van der Waals surface area contributed by atoms with E-state index in [-0.39, 0.29) is 10.7 Å². The molecular formula is C17H18F3N3O5S2. The maximum atomic E-state index is 13.4. The standard InChI is InChI=1S/C17H18F3N3O5S2/c1-8-13(29-16(22-8)23-15(25)21-9(2)14(24)28-3)10-5-6-12(30(4,26)27)11(7-10)17(18,19)20/h5-7,9H,1-4H3,(H2,21,22,23,25). The third-order valence-electron chi connectivity index (χ3n) is 3.87. The van der Waals surface area contributed by atoms with Crippen LogP contribution in [0.25, 0.3) is 10.4 Å². The number of thiazole rings is 1. The Morgan fingerprint density at radius 1 is 1.27 bits per heavy atom. The molecule has 0 aliphatic heterocycles. The molecule has 1 heterocycles. The van der Waals surface area contributed by atoms with Gasteiger partial charge in [-0.15, -0.1) is 0 Å². The van der Waals surface area contributed by atoms with Crippen molar-refractivity contribution in [3.8, 4) is 10.4 Å². The summed E-state index contributed by atoms with van der Waals surface area (Å²) in [6, 6.07) is 1.20. The smallest absolute Gasteiger partial charge is 0.417 e. The number of methoxy groups -OCH3 is 1. The van der Waals surface area contributed by atoms with Crippen molar-refractivity contribution in [2.24, 2.45) is 0 Å². The molecule has 2 rings (SSSR count). The van der Waals surface area contributed by atoms with Crippen LogP contribution >= 0.6 is 11.3 Å². The third kappa shape index (κ3) is 5.48. The first-order valence-corrected chi connectivity index (χ1v) is 11.0. The number of anilines is 1. The van der Waals surface area contributed by atoms with Crippen molar-refractivity contribution in [1.82, 2.24) is 10.3 Å². The van der Waals surface area contributed by atoms with Crippen molar-refractivity contribution in [3.63, 3.8) is 0 Å². The maximum absolute atomic E-state index is 13.4. The molecule has 2 N–H and O–H groups in total. The number of alkyl halides is 3. The molecule has 0 saturated heterocycles. The topological polar surface area (TPSA) is 114 Å². The van der Waals surface area contributed by atoms with Gasteiger partial charge in [0.25, 0.3) is 0 Å². The van der Waals surface area contributed by atoms with E-state index in [1.165, 1.54) is 27.0 Å². The van der Waals surface area contributed by atoms with Gasteiger partial charge in [0, 0.05) is 6.26 Å². The molecule has 2 aromatic rings. The summed E-state index contributed by atoms with van der Waals surface area (Å²) in [7, 11) is -2.93. The zero-order chi connectivity index (χ0) is 22.9. The van der Waals surface area contributed by atoms with Gasteiger partial charge in [0.15, 0.2) is 15.0 Å². The van der Waals surface area contributed by atoms with Crippen LogP contribution in [0.1, 0.15) is 18.2 Å². The molecular weight excluding hydrogens is 447 g/mol. The second kappa shape index (κ2) is 8.60. The Hall–Kier alpha value is -2.67. The molecule has 0 radical (unpaired) electrons. The van der Waals surface area contributed by atoms with Crippen molar-refractivity contribution < 1.29 is 35.9 Å². The number of amides is 2. The van der Waals surface area contributed by atoms with Crippen LogP contribution in [0, 0.1) is 6.92 Å². The van der Waals surface area contributed by atoms with Crippen molar-refractivity contribution in [1.29, 1.82) is 0 Å². The molecule has 1 aromatic heterocycles. The average molecular weight is 465 g/mol. The first-order valence-electron chi connectivity index (χ1n) is 8.28. The van der Waals surface area contributed by atoms with E-state index < -0.39 is 44.5 Å². The number of esters is 1. The summed E-state index contributed by atoms with van der Waals surface area (Å²) in [6.07, 6.45) is -4.18. The molecule has 0 fully saturated rings. The van der Waals surface area contributed by atoms with Crippen LogP contribution in [0.4, 0.5) is 23.1 Å². The van der Waals surface area contributed by atoms with Crippen LogP contribution in [-0.4, -0.2) is 44.8 Å². The number of urea groups is 1. The number of nitrogens with zero attached hydrogens (tertiary/aromatic N) is 1. The second-order valence-corrected chi connectivity index (χ2v) is 9.24. The maximum Gasteiger partial charge on any atom is 0.417 e. The highest BCUT2D eigenvalue weighted by Crippen LogP contribution is 2.39. The molecule has 1 atom stereocenters. The number of rotatable bonds is 5. The summed E-state index contributed by atoms with van der Waals surface area (Å²) in [5, 5.41) is 4.80. The van der Waals surface area contributed by atoms with Crippen LogP contribution < -0.4 is 10.6 Å². The number of aryl methyl sites for hydroxylation is 1. The SMILES string of the molecule is COC(=O)C(C)NC(=O)Nc1nc(C)c(-c2ccc(S(C)(=O)=O)c(C(F)(F)F)c2)s1. The number of benzene rings is 1. The van der Waals surface area contributed by atoms with Gasteiger partial charge < -0.3 is 10.1 Å². The molecule has 1 aromatic carbocycles. The summed E-state index contributed by atoms with van der Waals surface area (Å²) in [6.45, 7) is 2.94. The van der Waals surface area contributed by atoms with Crippen LogP contribution in [0.5, 0.6) is 0 Å². The van der Waals surface area contributed by atoms with Gasteiger partial charge in [-0.2, -0.15) is 13.2 Å². The van der Waals surface area contributed by atoms with Gasteiger partial charge in [0.1, 0.15) is 6.04 Å². The number of hydrogen-bond acceptors (Lipinski definition) is 7. The predicted molar refractivity (Wildman–Crippen MR) is 104 cm³/mol. The molecule has 0 aliphatic carbocycles. The molecule has 1 unspecified atom stereocenters. The minimum Gasteiger partial charge on any atom is -0.467 e. The van der Waals surface area contributed by atoms with Crippen LogP contribution in [0.3, 0.4) is 0 Å². The van der Waals surface area contributed by atoms with Gasteiger partial charge in [-0.05, 0) is 31.5 Å². The Morgan fingerprint density at radius 3 is 2.43 bits per heavy atom. The van der Waals surface area contributed by atoms with E-state index in [2.05, 4.69) is 20.4 Å². The van der Waals surface area contributed by atoms with E-state index in [4.69, 9.17) is 0 Å². The number of carbonyl (C=O) groups excluding carboxylic acids is 2. The first kappa shape index (κ1) is 23.6. The minimum absolute atomic E-state index is 0.0813. The largest absolute Gasteiger partial charge is 0.467 e. The summed E-state index contributed by atoms with van der Waals surface area (Å²) in [5.41, 5.74) is -0.855. The molecule has 0 aliphatic rings. The molecule has 2 amide bonds. The van der Waals surface area contributed by atoms with Gasteiger partial charge in [-0.1, -0.05) is 17.4 Å². The van der Waals surface area contributed by atoms with Crippen molar-refractivity contribution >= 4 is 38.3 Å². The molecule has 0 saturated carbocycles. The zero-order valence-corrected chi connectivity index (χ0v) is 17.9. The van der Waals surface area contributed by atoms with Gasteiger partial charge >= 0.3 is 18.2 Å². The number of nitrogens with one attached hydrogen (secondary N) is 2. The monoisotopic (exact) mass is 465 g/mol. The second-order valence-electron chi connectivity index (χ2n) is 6.26. The molecule has 0 bridgehead atoms. The summed E-state index contributed by atoms with van der Waals surface area (Å²) < 4.78 is 68.1.